The normalized spacial score (nSPS) is 12.4. The van der Waals surface area contributed by atoms with Gasteiger partial charge in [-0.15, -0.1) is 0 Å². The fourth-order valence-electron chi connectivity index (χ4n) is 2.37. The molecule has 1 N–H and O–H groups in total. The van der Waals surface area contributed by atoms with Crippen molar-refractivity contribution in [3.05, 3.63) is 71.0 Å². The highest BCUT2D eigenvalue weighted by atomic mass is 19.1. The minimum absolute atomic E-state index is 0.116. The van der Waals surface area contributed by atoms with E-state index >= 15 is 0 Å². The van der Waals surface area contributed by atoms with Crippen molar-refractivity contribution in [1.29, 1.82) is 0 Å². The Hall–Kier alpha value is -1.67. The van der Waals surface area contributed by atoms with Crippen LogP contribution in [-0.2, 0) is 12.8 Å². The maximum Gasteiger partial charge on any atom is 0.123 e. The minimum Gasteiger partial charge on any atom is -0.396 e. The van der Waals surface area contributed by atoms with Crippen LogP contribution in [-0.4, -0.2) is 11.7 Å². The molecule has 1 nitrogen and oxygen atoms in total. The van der Waals surface area contributed by atoms with Crippen molar-refractivity contribution in [3.63, 3.8) is 0 Å². The first-order chi connectivity index (χ1) is 9.17. The lowest BCUT2D eigenvalue weighted by molar-refractivity contribution is 0.225. The van der Waals surface area contributed by atoms with E-state index in [1.54, 1.807) is 12.1 Å². The molecule has 0 bridgehead atoms. The molecule has 0 radical (unpaired) electrons. The smallest absolute Gasteiger partial charge is 0.123 e. The second-order valence-corrected chi connectivity index (χ2v) is 5.08. The third-order valence-electron chi connectivity index (χ3n) is 3.28. The zero-order valence-electron chi connectivity index (χ0n) is 11.1. The number of hydrogen-bond donors (Lipinski definition) is 1. The molecule has 0 fully saturated rings. The molecule has 0 aromatic heterocycles. The van der Waals surface area contributed by atoms with E-state index in [0.717, 1.165) is 12.0 Å². The molecule has 2 aromatic carbocycles. The van der Waals surface area contributed by atoms with E-state index in [1.165, 1.54) is 17.2 Å². The Bertz CT molecular complexity index is 489. The topological polar surface area (TPSA) is 20.2 Å². The Morgan fingerprint density at radius 3 is 2.21 bits per heavy atom. The summed E-state index contributed by atoms with van der Waals surface area (Å²) < 4.78 is 13.1. The maximum atomic E-state index is 13.1. The van der Waals surface area contributed by atoms with Gasteiger partial charge in [0.05, 0.1) is 0 Å². The summed E-state index contributed by atoms with van der Waals surface area (Å²) in [6.07, 6.45) is 1.51. The number of halogens is 1. The summed E-state index contributed by atoms with van der Waals surface area (Å²) in [5, 5.41) is 9.49. The molecular formula is C17H19FO. The second kappa shape index (κ2) is 6.48. The van der Waals surface area contributed by atoms with Gasteiger partial charge in [0.15, 0.2) is 0 Å². The van der Waals surface area contributed by atoms with E-state index in [1.807, 2.05) is 12.1 Å². The van der Waals surface area contributed by atoms with Gasteiger partial charge in [0.1, 0.15) is 5.82 Å². The van der Waals surface area contributed by atoms with Gasteiger partial charge in [-0.05, 0) is 48.9 Å². The second-order valence-electron chi connectivity index (χ2n) is 5.08. The van der Waals surface area contributed by atoms with Crippen LogP contribution < -0.4 is 0 Å². The quantitative estimate of drug-likeness (QED) is 0.870. The summed E-state index contributed by atoms with van der Waals surface area (Å²) in [4.78, 5) is 0. The number of aryl methyl sites for hydroxylation is 1. The van der Waals surface area contributed by atoms with E-state index in [9.17, 15) is 9.50 Å². The Morgan fingerprint density at radius 1 is 1.00 bits per heavy atom. The van der Waals surface area contributed by atoms with Gasteiger partial charge in [-0.2, -0.15) is 0 Å². The molecule has 1 atom stereocenters. The molecule has 0 saturated carbocycles. The predicted octanol–water partition coefficient (Wildman–Crippen LogP) is 3.53. The summed E-state index contributed by atoms with van der Waals surface area (Å²) in [6, 6.07) is 14.9. The monoisotopic (exact) mass is 258 g/mol. The van der Waals surface area contributed by atoms with Crippen LogP contribution in [0.1, 0.15) is 16.7 Å². The molecule has 0 spiro atoms. The summed E-state index contributed by atoms with van der Waals surface area (Å²) >= 11 is 0. The number of rotatable bonds is 5. The number of aliphatic hydroxyl groups excluding tert-OH is 1. The summed E-state index contributed by atoms with van der Waals surface area (Å²) in [6.45, 7) is 2.18. The van der Waals surface area contributed by atoms with Gasteiger partial charge in [-0.25, -0.2) is 4.39 Å². The molecule has 1 unspecified atom stereocenters. The van der Waals surface area contributed by atoms with Crippen LogP contribution in [0.5, 0.6) is 0 Å². The lowest BCUT2D eigenvalue weighted by Crippen LogP contribution is -2.13. The largest absolute Gasteiger partial charge is 0.396 e. The van der Waals surface area contributed by atoms with Crippen LogP contribution >= 0.6 is 0 Å². The summed E-state index contributed by atoms with van der Waals surface area (Å²) in [5.74, 6) is -0.0895. The fourth-order valence-corrected chi connectivity index (χ4v) is 2.37. The van der Waals surface area contributed by atoms with Crippen molar-refractivity contribution >= 4 is 0 Å². The number of benzene rings is 2. The highest BCUT2D eigenvalue weighted by Gasteiger charge is 2.10. The van der Waals surface area contributed by atoms with Crippen molar-refractivity contribution < 1.29 is 9.50 Å². The molecule has 0 amide bonds. The third kappa shape index (κ3) is 4.18. The van der Waals surface area contributed by atoms with E-state index in [4.69, 9.17) is 0 Å². The molecule has 2 rings (SSSR count). The van der Waals surface area contributed by atoms with Crippen molar-refractivity contribution in [2.24, 2.45) is 5.92 Å². The Labute approximate surface area is 113 Å². The van der Waals surface area contributed by atoms with Crippen molar-refractivity contribution in [3.8, 4) is 0 Å². The maximum absolute atomic E-state index is 13.1. The minimum atomic E-state index is -0.218. The third-order valence-corrected chi connectivity index (χ3v) is 3.28. The first-order valence-electron chi connectivity index (χ1n) is 6.58. The average molecular weight is 258 g/mol. The van der Waals surface area contributed by atoms with Crippen molar-refractivity contribution in [1.82, 2.24) is 0 Å². The molecule has 0 aliphatic heterocycles. The summed E-state index contributed by atoms with van der Waals surface area (Å²) in [5.41, 5.74) is 3.38. The van der Waals surface area contributed by atoms with E-state index in [0.29, 0.717) is 6.42 Å². The predicted molar refractivity (Wildman–Crippen MR) is 75.6 cm³/mol. The average Bonchev–Trinajstić information content (AvgIpc) is 2.38. The van der Waals surface area contributed by atoms with Crippen LogP contribution in [0.2, 0.25) is 0 Å². The lowest BCUT2D eigenvalue weighted by Gasteiger charge is -2.14. The van der Waals surface area contributed by atoms with Crippen LogP contribution in [0, 0.1) is 18.7 Å². The van der Waals surface area contributed by atoms with Crippen molar-refractivity contribution in [2.45, 2.75) is 19.8 Å². The first kappa shape index (κ1) is 13.8. The van der Waals surface area contributed by atoms with Crippen LogP contribution in [0.15, 0.2) is 48.5 Å². The molecule has 0 aliphatic carbocycles. The standard InChI is InChI=1S/C17H19FO/c1-13-4-2-5-14(8-13)9-16(12-19)10-15-6-3-7-17(18)11-15/h2-8,11,16,19H,9-10,12H2,1H3. The molecule has 100 valence electrons. The van der Waals surface area contributed by atoms with E-state index in [-0.39, 0.29) is 18.3 Å². The zero-order chi connectivity index (χ0) is 13.7. The lowest BCUT2D eigenvalue weighted by atomic mass is 9.93. The Balaban J connectivity index is 2.04. The number of aliphatic hydroxyl groups is 1. The molecule has 19 heavy (non-hydrogen) atoms. The van der Waals surface area contributed by atoms with Gasteiger partial charge in [0.25, 0.3) is 0 Å². The first-order valence-corrected chi connectivity index (χ1v) is 6.58. The Kier molecular flexibility index (Phi) is 4.69. The van der Waals surface area contributed by atoms with Crippen LogP contribution in [0.3, 0.4) is 0 Å². The van der Waals surface area contributed by atoms with Crippen molar-refractivity contribution in [2.75, 3.05) is 6.61 Å². The van der Waals surface area contributed by atoms with Gasteiger partial charge in [0.2, 0.25) is 0 Å². The Morgan fingerprint density at radius 2 is 1.63 bits per heavy atom. The molecule has 0 saturated heterocycles. The highest BCUT2D eigenvalue weighted by Crippen LogP contribution is 2.16. The van der Waals surface area contributed by atoms with Crippen LogP contribution in [0.25, 0.3) is 0 Å². The molecule has 2 heteroatoms. The van der Waals surface area contributed by atoms with Gasteiger partial charge >= 0.3 is 0 Å². The molecule has 2 aromatic rings. The van der Waals surface area contributed by atoms with Gasteiger partial charge in [-0.3, -0.25) is 0 Å². The number of hydrogen-bond acceptors (Lipinski definition) is 1. The van der Waals surface area contributed by atoms with Gasteiger partial charge < -0.3 is 5.11 Å². The van der Waals surface area contributed by atoms with E-state index in [2.05, 4.69) is 25.1 Å². The SMILES string of the molecule is Cc1cccc(CC(CO)Cc2cccc(F)c2)c1. The highest BCUT2D eigenvalue weighted by molar-refractivity contribution is 5.23. The fraction of sp³-hybridized carbons (Fsp3) is 0.294. The summed E-state index contributed by atoms with van der Waals surface area (Å²) in [7, 11) is 0. The zero-order valence-corrected chi connectivity index (χ0v) is 11.1. The van der Waals surface area contributed by atoms with Crippen LogP contribution in [0.4, 0.5) is 4.39 Å². The van der Waals surface area contributed by atoms with Gasteiger partial charge in [-0.1, -0.05) is 42.0 Å². The van der Waals surface area contributed by atoms with E-state index < -0.39 is 0 Å². The molecular weight excluding hydrogens is 239 g/mol. The molecule has 0 aliphatic rings. The van der Waals surface area contributed by atoms with Gasteiger partial charge in [0, 0.05) is 6.61 Å². The molecule has 0 heterocycles.